The van der Waals surface area contributed by atoms with Crippen molar-refractivity contribution in [3.63, 3.8) is 0 Å². The molecule has 0 aliphatic carbocycles. The number of pyridine rings is 1. The first-order chi connectivity index (χ1) is 11.1. The van der Waals surface area contributed by atoms with Gasteiger partial charge in [0.2, 0.25) is 10.0 Å². The first-order valence-corrected chi connectivity index (χ1v) is 9.44. The number of nitrogens with two attached hydrogens (primary N) is 1. The third-order valence-electron chi connectivity index (χ3n) is 4.41. The molecule has 0 radical (unpaired) electrons. The van der Waals surface area contributed by atoms with Crippen LogP contribution in [0, 0.1) is 5.92 Å². The van der Waals surface area contributed by atoms with Crippen molar-refractivity contribution in [3.8, 4) is 0 Å². The van der Waals surface area contributed by atoms with Gasteiger partial charge in [-0.3, -0.25) is 0 Å². The molecule has 3 rings (SSSR count). The van der Waals surface area contributed by atoms with Gasteiger partial charge in [-0.25, -0.2) is 13.4 Å². The van der Waals surface area contributed by atoms with Gasteiger partial charge in [-0.1, -0.05) is 12.1 Å². The number of nitrogens with zero attached hydrogens (tertiary/aromatic N) is 3. The van der Waals surface area contributed by atoms with Crippen LogP contribution in [0.4, 0.5) is 0 Å². The predicted octanol–water partition coefficient (Wildman–Crippen LogP) is 1.96. The van der Waals surface area contributed by atoms with E-state index in [0.29, 0.717) is 43.1 Å². The minimum atomic E-state index is -3.55. The molecule has 1 unspecified atom stereocenters. The summed E-state index contributed by atoms with van der Waals surface area (Å²) in [6.07, 6.45) is 4.78. The molecule has 1 aliphatic rings. The molecule has 1 aliphatic heterocycles. The molecule has 0 amide bonds. The summed E-state index contributed by atoms with van der Waals surface area (Å²) >= 11 is 0. The number of aromatic nitrogens is 2. The summed E-state index contributed by atoms with van der Waals surface area (Å²) in [6, 6.07) is 1.62. The summed E-state index contributed by atoms with van der Waals surface area (Å²) in [7, 11) is -3.55. The van der Waals surface area contributed by atoms with Crippen molar-refractivity contribution < 1.29 is 12.9 Å². The summed E-state index contributed by atoms with van der Waals surface area (Å²) < 4.78 is 32.5. The van der Waals surface area contributed by atoms with Gasteiger partial charge in [0.15, 0.2) is 0 Å². The second-order valence-corrected chi connectivity index (χ2v) is 7.89. The van der Waals surface area contributed by atoms with Crippen LogP contribution in [0.1, 0.15) is 31.9 Å². The Morgan fingerprint density at radius 1 is 1.46 bits per heavy atom. The van der Waals surface area contributed by atoms with E-state index < -0.39 is 10.0 Å². The van der Waals surface area contributed by atoms with Crippen LogP contribution in [0.5, 0.6) is 0 Å². The highest BCUT2D eigenvalue weighted by Crippen LogP contribution is 2.27. The van der Waals surface area contributed by atoms with E-state index >= 15 is 0 Å². The fourth-order valence-electron chi connectivity index (χ4n) is 3.12. The zero-order valence-electron chi connectivity index (χ0n) is 13.6. The number of hydrogen-bond acceptors (Lipinski definition) is 6. The summed E-state index contributed by atoms with van der Waals surface area (Å²) in [5, 5.41) is 4.60. The summed E-state index contributed by atoms with van der Waals surface area (Å²) in [4.78, 5) is 4.32. The van der Waals surface area contributed by atoms with E-state index in [0.717, 1.165) is 25.0 Å². The lowest BCUT2D eigenvalue weighted by molar-refractivity contribution is 0.258. The number of hydrogen-bond donors (Lipinski definition) is 1. The van der Waals surface area contributed by atoms with Gasteiger partial charge in [-0.15, -0.1) is 12.4 Å². The standard InChI is InChI=1S/C15H22N4O3S.ClH/c1-2-14-13-8-12(9-17-15(13)22-18-14)23(20,21)19-7-3-4-11(10-19)5-6-16;/h8-9,11H,2-7,10,16H2,1H3;1H. The smallest absolute Gasteiger partial charge is 0.258 e. The molecule has 0 aromatic carbocycles. The van der Waals surface area contributed by atoms with Crippen molar-refractivity contribution in [2.24, 2.45) is 11.7 Å². The van der Waals surface area contributed by atoms with Crippen LogP contribution in [-0.2, 0) is 16.4 Å². The van der Waals surface area contributed by atoms with E-state index in [1.165, 1.54) is 6.20 Å². The van der Waals surface area contributed by atoms with E-state index in [1.54, 1.807) is 10.4 Å². The van der Waals surface area contributed by atoms with E-state index in [4.69, 9.17) is 10.3 Å². The Balaban J connectivity index is 0.00000208. The number of piperidine rings is 1. The number of aryl methyl sites for hydroxylation is 1. The Bertz CT molecular complexity index is 791. The number of halogens is 1. The van der Waals surface area contributed by atoms with Gasteiger partial charge >= 0.3 is 0 Å². The van der Waals surface area contributed by atoms with Crippen LogP contribution in [0.3, 0.4) is 0 Å². The molecule has 0 bridgehead atoms. The Hall–Kier alpha value is -1.22. The van der Waals surface area contributed by atoms with E-state index in [9.17, 15) is 8.42 Å². The molecule has 0 spiro atoms. The van der Waals surface area contributed by atoms with Crippen molar-refractivity contribution in [2.45, 2.75) is 37.5 Å². The Morgan fingerprint density at radius 2 is 2.25 bits per heavy atom. The normalized spacial score (nSPS) is 19.3. The molecule has 7 nitrogen and oxygen atoms in total. The lowest BCUT2D eigenvalue weighted by Gasteiger charge is -2.31. The maximum absolute atomic E-state index is 12.9. The second-order valence-electron chi connectivity index (χ2n) is 5.96. The van der Waals surface area contributed by atoms with Gasteiger partial charge in [0.1, 0.15) is 4.90 Å². The predicted molar refractivity (Wildman–Crippen MR) is 93.6 cm³/mol. The van der Waals surface area contributed by atoms with Crippen molar-refractivity contribution in [2.75, 3.05) is 19.6 Å². The van der Waals surface area contributed by atoms with Gasteiger partial charge in [-0.05, 0) is 44.2 Å². The number of sulfonamides is 1. The fraction of sp³-hybridized carbons (Fsp3) is 0.600. The number of fused-ring (bicyclic) bond motifs is 1. The van der Waals surface area contributed by atoms with Gasteiger partial charge < -0.3 is 10.3 Å². The number of rotatable bonds is 5. The average Bonchev–Trinajstić information content (AvgIpc) is 2.97. The van der Waals surface area contributed by atoms with E-state index in [-0.39, 0.29) is 17.3 Å². The molecule has 0 saturated carbocycles. The molecule has 9 heteroatoms. The van der Waals surface area contributed by atoms with Gasteiger partial charge in [0.25, 0.3) is 5.71 Å². The van der Waals surface area contributed by atoms with Gasteiger partial charge in [0, 0.05) is 13.1 Å². The minimum Gasteiger partial charge on any atom is -0.336 e. The van der Waals surface area contributed by atoms with E-state index in [2.05, 4.69) is 10.1 Å². The topological polar surface area (TPSA) is 102 Å². The summed E-state index contributed by atoms with van der Waals surface area (Å²) in [5.41, 5.74) is 6.71. The molecule has 1 fully saturated rings. The average molecular weight is 375 g/mol. The molecule has 24 heavy (non-hydrogen) atoms. The van der Waals surface area contributed by atoms with Crippen LogP contribution in [0.15, 0.2) is 21.7 Å². The zero-order valence-corrected chi connectivity index (χ0v) is 15.3. The Morgan fingerprint density at radius 3 is 2.96 bits per heavy atom. The molecular weight excluding hydrogens is 352 g/mol. The van der Waals surface area contributed by atoms with Crippen LogP contribution >= 0.6 is 12.4 Å². The summed E-state index contributed by atoms with van der Waals surface area (Å²) in [5.74, 6) is 0.335. The summed E-state index contributed by atoms with van der Waals surface area (Å²) in [6.45, 7) is 3.61. The quantitative estimate of drug-likeness (QED) is 0.858. The van der Waals surface area contributed by atoms with Crippen molar-refractivity contribution >= 4 is 33.5 Å². The van der Waals surface area contributed by atoms with Crippen LogP contribution in [0.2, 0.25) is 0 Å². The lowest BCUT2D eigenvalue weighted by atomic mass is 9.96. The molecule has 2 aromatic heterocycles. The van der Waals surface area contributed by atoms with E-state index in [1.807, 2.05) is 6.92 Å². The maximum atomic E-state index is 12.9. The second kappa shape index (κ2) is 7.77. The Kier molecular flexibility index (Phi) is 6.19. The zero-order chi connectivity index (χ0) is 16.4. The molecule has 2 N–H and O–H groups in total. The molecule has 1 saturated heterocycles. The maximum Gasteiger partial charge on any atom is 0.258 e. The van der Waals surface area contributed by atoms with Crippen LogP contribution in [0.25, 0.3) is 11.1 Å². The highest BCUT2D eigenvalue weighted by Gasteiger charge is 2.30. The monoisotopic (exact) mass is 374 g/mol. The molecule has 134 valence electrons. The van der Waals surface area contributed by atoms with Crippen molar-refractivity contribution in [1.82, 2.24) is 14.4 Å². The first kappa shape index (κ1) is 19.1. The third kappa shape index (κ3) is 3.56. The van der Waals surface area contributed by atoms with Crippen LogP contribution in [-0.4, -0.2) is 42.5 Å². The van der Waals surface area contributed by atoms with Crippen molar-refractivity contribution in [3.05, 3.63) is 18.0 Å². The van der Waals surface area contributed by atoms with Crippen LogP contribution < -0.4 is 5.73 Å². The van der Waals surface area contributed by atoms with Gasteiger partial charge in [-0.2, -0.15) is 4.31 Å². The minimum absolute atomic E-state index is 0. The Labute approximate surface area is 148 Å². The molecule has 3 heterocycles. The molecular formula is C15H23ClN4O3S. The largest absolute Gasteiger partial charge is 0.336 e. The lowest BCUT2D eigenvalue weighted by Crippen LogP contribution is -2.40. The fourth-order valence-corrected chi connectivity index (χ4v) is 4.65. The molecule has 2 aromatic rings. The molecule has 1 atom stereocenters. The highest BCUT2D eigenvalue weighted by atomic mass is 35.5. The first-order valence-electron chi connectivity index (χ1n) is 8.00. The highest BCUT2D eigenvalue weighted by molar-refractivity contribution is 7.89. The SMILES string of the molecule is CCc1noc2ncc(S(=O)(=O)N3CCCC(CCN)C3)cc12.Cl. The van der Waals surface area contributed by atoms with Crippen molar-refractivity contribution in [1.29, 1.82) is 0 Å². The third-order valence-corrected chi connectivity index (χ3v) is 6.24. The van der Waals surface area contributed by atoms with Gasteiger partial charge in [0.05, 0.1) is 17.3 Å².